The highest BCUT2D eigenvalue weighted by molar-refractivity contribution is 5.79. The molecule has 5 rings (SSSR count). The number of hydrogen-bond donors (Lipinski definition) is 0. The van der Waals surface area contributed by atoms with Crippen LogP contribution in [-0.4, -0.2) is 37.2 Å². The van der Waals surface area contributed by atoms with E-state index < -0.39 is 0 Å². The number of fused-ring (bicyclic) bond motifs is 3. The van der Waals surface area contributed by atoms with Crippen LogP contribution in [0.15, 0.2) is 36.4 Å². The summed E-state index contributed by atoms with van der Waals surface area (Å²) in [6.07, 6.45) is 4.46. The highest BCUT2D eigenvalue weighted by Gasteiger charge is 2.46. The number of amides is 1. The van der Waals surface area contributed by atoms with Crippen molar-refractivity contribution in [1.29, 1.82) is 0 Å². The number of hydrogen-bond acceptors (Lipinski definition) is 4. The van der Waals surface area contributed by atoms with Gasteiger partial charge >= 0.3 is 0 Å². The molecule has 1 spiro atoms. The second-order valence-electron chi connectivity index (χ2n) is 8.51. The zero-order valence-electron chi connectivity index (χ0n) is 17.2. The molecule has 1 atom stereocenters. The maximum absolute atomic E-state index is 13.2. The minimum absolute atomic E-state index is 0.0385. The Morgan fingerprint density at radius 2 is 1.80 bits per heavy atom. The molecule has 3 aliphatic rings. The molecule has 158 valence electrons. The van der Waals surface area contributed by atoms with Crippen molar-refractivity contribution in [3.8, 4) is 17.2 Å². The first-order chi connectivity index (χ1) is 14.6. The SMILES string of the molecule is CC1c2cc3c(cc2C2(CCCC2)CN1C(=O)COc1ccc(F)cc1)OCCO3. The summed E-state index contributed by atoms with van der Waals surface area (Å²) < 4.78 is 30.4. The maximum Gasteiger partial charge on any atom is 0.261 e. The molecule has 1 aliphatic carbocycles. The molecule has 1 saturated carbocycles. The second-order valence-corrected chi connectivity index (χ2v) is 8.51. The van der Waals surface area contributed by atoms with Gasteiger partial charge in [0.25, 0.3) is 5.91 Å². The summed E-state index contributed by atoms with van der Waals surface area (Å²) in [4.78, 5) is 15.1. The first-order valence-electron chi connectivity index (χ1n) is 10.7. The summed E-state index contributed by atoms with van der Waals surface area (Å²) in [6.45, 7) is 3.80. The quantitative estimate of drug-likeness (QED) is 0.752. The molecular weight excluding hydrogens is 385 g/mol. The topological polar surface area (TPSA) is 48.0 Å². The molecule has 2 aliphatic heterocycles. The van der Waals surface area contributed by atoms with Crippen LogP contribution in [0.5, 0.6) is 17.2 Å². The van der Waals surface area contributed by atoms with Crippen LogP contribution < -0.4 is 14.2 Å². The fraction of sp³-hybridized carbons (Fsp3) is 0.458. The summed E-state index contributed by atoms with van der Waals surface area (Å²) in [5, 5.41) is 0. The fourth-order valence-corrected chi connectivity index (χ4v) is 5.17. The largest absolute Gasteiger partial charge is 0.486 e. The van der Waals surface area contributed by atoms with Gasteiger partial charge in [-0.15, -0.1) is 0 Å². The summed E-state index contributed by atoms with van der Waals surface area (Å²) >= 11 is 0. The minimum Gasteiger partial charge on any atom is -0.486 e. The van der Waals surface area contributed by atoms with E-state index in [2.05, 4.69) is 19.1 Å². The van der Waals surface area contributed by atoms with Crippen molar-refractivity contribution in [3.63, 3.8) is 0 Å². The molecule has 2 heterocycles. The first kappa shape index (κ1) is 19.2. The van der Waals surface area contributed by atoms with Gasteiger partial charge in [-0.25, -0.2) is 4.39 Å². The van der Waals surface area contributed by atoms with Crippen molar-refractivity contribution in [2.24, 2.45) is 0 Å². The highest BCUT2D eigenvalue weighted by Crippen LogP contribution is 2.51. The molecule has 0 bridgehead atoms. The van der Waals surface area contributed by atoms with Crippen molar-refractivity contribution in [2.75, 3.05) is 26.4 Å². The number of carbonyl (C=O) groups excluding carboxylic acids is 1. The number of carbonyl (C=O) groups is 1. The summed E-state index contributed by atoms with van der Waals surface area (Å²) in [5.74, 6) is 1.69. The van der Waals surface area contributed by atoms with E-state index in [9.17, 15) is 9.18 Å². The van der Waals surface area contributed by atoms with E-state index in [0.29, 0.717) is 25.5 Å². The van der Waals surface area contributed by atoms with Gasteiger partial charge in [-0.1, -0.05) is 12.8 Å². The molecule has 0 radical (unpaired) electrons. The Balaban J connectivity index is 1.43. The smallest absolute Gasteiger partial charge is 0.261 e. The third-order valence-electron chi connectivity index (χ3n) is 6.73. The zero-order valence-corrected chi connectivity index (χ0v) is 17.2. The summed E-state index contributed by atoms with van der Waals surface area (Å²) in [6, 6.07) is 9.89. The molecule has 1 fully saturated rings. The van der Waals surface area contributed by atoms with Gasteiger partial charge in [0.1, 0.15) is 24.8 Å². The second kappa shape index (κ2) is 7.49. The molecule has 6 heteroatoms. The lowest BCUT2D eigenvalue weighted by atomic mass is 9.71. The van der Waals surface area contributed by atoms with Gasteiger partial charge in [-0.2, -0.15) is 0 Å². The van der Waals surface area contributed by atoms with Crippen LogP contribution in [0, 0.1) is 5.82 Å². The lowest BCUT2D eigenvalue weighted by Gasteiger charge is -2.46. The van der Waals surface area contributed by atoms with Crippen molar-refractivity contribution < 1.29 is 23.4 Å². The van der Waals surface area contributed by atoms with Gasteiger partial charge in [-0.3, -0.25) is 4.79 Å². The molecule has 0 aromatic heterocycles. The van der Waals surface area contributed by atoms with E-state index in [-0.39, 0.29) is 29.8 Å². The molecule has 1 amide bonds. The Bertz CT molecular complexity index is 952. The molecule has 2 aromatic rings. The Morgan fingerprint density at radius 3 is 2.50 bits per heavy atom. The maximum atomic E-state index is 13.2. The number of nitrogens with zero attached hydrogens (tertiary/aromatic N) is 1. The van der Waals surface area contributed by atoms with Crippen LogP contribution in [0.1, 0.15) is 49.8 Å². The average molecular weight is 411 g/mol. The van der Waals surface area contributed by atoms with Crippen LogP contribution in [0.25, 0.3) is 0 Å². The van der Waals surface area contributed by atoms with Gasteiger partial charge in [0, 0.05) is 12.0 Å². The molecule has 2 aromatic carbocycles. The monoisotopic (exact) mass is 411 g/mol. The van der Waals surface area contributed by atoms with Gasteiger partial charge in [-0.05, 0) is 67.3 Å². The first-order valence-corrected chi connectivity index (χ1v) is 10.7. The third kappa shape index (κ3) is 3.28. The third-order valence-corrected chi connectivity index (χ3v) is 6.73. The van der Waals surface area contributed by atoms with Crippen molar-refractivity contribution in [3.05, 3.63) is 53.3 Å². The van der Waals surface area contributed by atoms with Crippen LogP contribution >= 0.6 is 0 Å². The number of halogens is 1. The Hall–Kier alpha value is -2.76. The predicted octanol–water partition coefficient (Wildman–Crippen LogP) is 4.39. The van der Waals surface area contributed by atoms with E-state index in [1.165, 1.54) is 17.7 Å². The molecule has 0 N–H and O–H groups in total. The van der Waals surface area contributed by atoms with E-state index in [1.807, 2.05) is 4.90 Å². The average Bonchev–Trinajstić information content (AvgIpc) is 3.24. The van der Waals surface area contributed by atoms with Gasteiger partial charge in [0.05, 0.1) is 6.04 Å². The van der Waals surface area contributed by atoms with Crippen LogP contribution in [0.3, 0.4) is 0 Å². The summed E-state index contributed by atoms with van der Waals surface area (Å²) in [5.41, 5.74) is 2.41. The number of rotatable bonds is 3. The molecule has 1 unspecified atom stereocenters. The summed E-state index contributed by atoms with van der Waals surface area (Å²) in [7, 11) is 0. The standard InChI is InChI=1S/C24H26FNO4/c1-16-19-12-21-22(29-11-10-28-21)13-20(19)24(8-2-3-9-24)15-26(16)23(27)14-30-18-6-4-17(25)5-7-18/h4-7,12-13,16H,2-3,8-11,14-15H2,1H3. The Morgan fingerprint density at radius 1 is 1.13 bits per heavy atom. The Labute approximate surface area is 175 Å². The number of ether oxygens (including phenoxy) is 3. The normalized spacial score (nSPS) is 21.4. The van der Waals surface area contributed by atoms with Crippen LogP contribution in [0.2, 0.25) is 0 Å². The van der Waals surface area contributed by atoms with E-state index in [0.717, 1.165) is 42.7 Å². The predicted molar refractivity (Wildman–Crippen MR) is 110 cm³/mol. The zero-order chi connectivity index (χ0) is 20.7. The molecule has 5 nitrogen and oxygen atoms in total. The number of benzene rings is 2. The van der Waals surface area contributed by atoms with Crippen LogP contribution in [-0.2, 0) is 10.2 Å². The fourth-order valence-electron chi connectivity index (χ4n) is 5.17. The van der Waals surface area contributed by atoms with E-state index in [1.54, 1.807) is 12.1 Å². The highest BCUT2D eigenvalue weighted by atomic mass is 19.1. The molecule has 30 heavy (non-hydrogen) atoms. The van der Waals surface area contributed by atoms with E-state index >= 15 is 0 Å². The Kier molecular flexibility index (Phi) is 4.80. The van der Waals surface area contributed by atoms with Crippen molar-refractivity contribution in [1.82, 2.24) is 4.90 Å². The van der Waals surface area contributed by atoms with Gasteiger partial charge in [0.2, 0.25) is 0 Å². The minimum atomic E-state index is -0.326. The van der Waals surface area contributed by atoms with Crippen molar-refractivity contribution >= 4 is 5.91 Å². The van der Waals surface area contributed by atoms with E-state index in [4.69, 9.17) is 14.2 Å². The molecule has 0 saturated heterocycles. The van der Waals surface area contributed by atoms with Gasteiger partial charge < -0.3 is 19.1 Å². The lowest BCUT2D eigenvalue weighted by molar-refractivity contribution is -0.137. The van der Waals surface area contributed by atoms with Crippen LogP contribution in [0.4, 0.5) is 4.39 Å². The lowest BCUT2D eigenvalue weighted by Crippen LogP contribution is -2.50. The van der Waals surface area contributed by atoms with Crippen molar-refractivity contribution in [2.45, 2.75) is 44.1 Å². The van der Waals surface area contributed by atoms with Gasteiger partial charge in [0.15, 0.2) is 18.1 Å². The molecular formula is C24H26FNO4.